The molecule has 78 valence electrons. The Bertz CT molecular complexity index is 135. The van der Waals surface area contributed by atoms with Crippen LogP contribution >= 0.6 is 0 Å². The van der Waals surface area contributed by atoms with Gasteiger partial charge in [-0.1, -0.05) is 0 Å². The van der Waals surface area contributed by atoms with Crippen molar-refractivity contribution in [2.45, 2.75) is 24.9 Å². The van der Waals surface area contributed by atoms with Crippen molar-refractivity contribution in [1.82, 2.24) is 10.2 Å². The monoisotopic (exact) mass is 187 g/mol. The van der Waals surface area contributed by atoms with Gasteiger partial charge in [-0.05, 0) is 33.0 Å². The third-order valence-corrected chi connectivity index (χ3v) is 2.62. The van der Waals surface area contributed by atoms with Crippen LogP contribution in [0.15, 0.2) is 0 Å². The lowest BCUT2D eigenvalue weighted by Gasteiger charge is -2.30. The molecular formula is C9H21N3O. The molecule has 0 aromatic carbocycles. The molecule has 4 heteroatoms. The van der Waals surface area contributed by atoms with Crippen molar-refractivity contribution in [3.05, 3.63) is 0 Å². The van der Waals surface area contributed by atoms with Crippen LogP contribution in [0.25, 0.3) is 0 Å². The van der Waals surface area contributed by atoms with Crippen molar-refractivity contribution in [3.63, 3.8) is 0 Å². The lowest BCUT2D eigenvalue weighted by molar-refractivity contribution is 0.221. The molecule has 0 amide bonds. The molecule has 0 saturated carbocycles. The van der Waals surface area contributed by atoms with E-state index in [-0.39, 0.29) is 12.6 Å². The molecule has 0 spiro atoms. The Hall–Kier alpha value is -0.160. The number of nitrogens with one attached hydrogen (secondary N) is 1. The second-order valence-electron chi connectivity index (χ2n) is 3.93. The van der Waals surface area contributed by atoms with Crippen LogP contribution in [0.1, 0.15) is 12.8 Å². The highest BCUT2D eigenvalue weighted by molar-refractivity contribution is 4.77. The van der Waals surface area contributed by atoms with E-state index in [9.17, 15) is 0 Å². The number of aliphatic hydroxyl groups is 1. The summed E-state index contributed by atoms with van der Waals surface area (Å²) >= 11 is 0. The van der Waals surface area contributed by atoms with Crippen LogP contribution in [-0.2, 0) is 0 Å². The first-order chi connectivity index (χ1) is 6.22. The number of hydrogen-bond donors (Lipinski definition) is 3. The number of nitrogens with zero attached hydrogens (tertiary/aromatic N) is 1. The van der Waals surface area contributed by atoms with Crippen molar-refractivity contribution < 1.29 is 5.11 Å². The fraction of sp³-hybridized carbons (Fsp3) is 1.00. The standard InChI is InChI=1S/C9H21N3O/c1-12-4-2-9(3-5-12)11-6-8(10)7-13/h8-9,11,13H,2-7,10H2,1H3. The average Bonchev–Trinajstić information content (AvgIpc) is 2.16. The predicted octanol–water partition coefficient (Wildman–Crippen LogP) is -1.01. The number of rotatable bonds is 4. The van der Waals surface area contributed by atoms with Gasteiger partial charge in [0.25, 0.3) is 0 Å². The minimum absolute atomic E-state index is 0.0691. The first-order valence-electron chi connectivity index (χ1n) is 5.00. The van der Waals surface area contributed by atoms with Crippen LogP contribution in [0, 0.1) is 0 Å². The van der Waals surface area contributed by atoms with Gasteiger partial charge in [-0.25, -0.2) is 0 Å². The summed E-state index contributed by atoms with van der Waals surface area (Å²) in [7, 11) is 2.15. The maximum atomic E-state index is 8.73. The zero-order valence-corrected chi connectivity index (χ0v) is 8.37. The molecule has 1 unspecified atom stereocenters. The Morgan fingerprint density at radius 3 is 2.69 bits per heavy atom. The maximum Gasteiger partial charge on any atom is 0.0594 e. The predicted molar refractivity (Wildman–Crippen MR) is 53.6 cm³/mol. The van der Waals surface area contributed by atoms with Crippen molar-refractivity contribution in [2.75, 3.05) is 33.3 Å². The summed E-state index contributed by atoms with van der Waals surface area (Å²) in [6, 6.07) is 0.480. The molecule has 1 atom stereocenters. The minimum Gasteiger partial charge on any atom is -0.395 e. The van der Waals surface area contributed by atoms with Gasteiger partial charge in [0.15, 0.2) is 0 Å². The number of nitrogens with two attached hydrogens (primary N) is 1. The van der Waals surface area contributed by atoms with Crippen molar-refractivity contribution in [1.29, 1.82) is 0 Å². The smallest absolute Gasteiger partial charge is 0.0594 e. The molecule has 0 aromatic rings. The zero-order chi connectivity index (χ0) is 9.68. The minimum atomic E-state index is -0.111. The summed E-state index contributed by atoms with van der Waals surface area (Å²) < 4.78 is 0. The Morgan fingerprint density at radius 2 is 2.15 bits per heavy atom. The van der Waals surface area contributed by atoms with Gasteiger partial charge in [0.05, 0.1) is 6.61 Å². The first kappa shape index (κ1) is 10.9. The van der Waals surface area contributed by atoms with Gasteiger partial charge < -0.3 is 21.1 Å². The van der Waals surface area contributed by atoms with E-state index in [4.69, 9.17) is 10.8 Å². The number of hydrogen-bond acceptors (Lipinski definition) is 4. The van der Waals surface area contributed by atoms with Crippen LogP contribution in [0.5, 0.6) is 0 Å². The van der Waals surface area contributed by atoms with E-state index in [0.29, 0.717) is 6.04 Å². The summed E-state index contributed by atoms with van der Waals surface area (Å²) in [5, 5.41) is 12.1. The normalized spacial score (nSPS) is 23.3. The fourth-order valence-electron chi connectivity index (χ4n) is 1.60. The summed E-state index contributed by atoms with van der Waals surface area (Å²) in [5.41, 5.74) is 5.59. The molecule has 1 rings (SSSR count). The Labute approximate surface area is 80.1 Å². The average molecular weight is 187 g/mol. The molecule has 0 aliphatic carbocycles. The van der Waals surface area contributed by atoms with Gasteiger partial charge in [0, 0.05) is 18.6 Å². The van der Waals surface area contributed by atoms with Crippen molar-refractivity contribution >= 4 is 0 Å². The maximum absolute atomic E-state index is 8.73. The molecule has 4 nitrogen and oxygen atoms in total. The second-order valence-corrected chi connectivity index (χ2v) is 3.93. The summed E-state index contributed by atoms with van der Waals surface area (Å²) in [4.78, 5) is 2.34. The number of likely N-dealkylation sites (tertiary alicyclic amines) is 1. The van der Waals surface area contributed by atoms with E-state index in [0.717, 1.165) is 19.6 Å². The largest absolute Gasteiger partial charge is 0.395 e. The van der Waals surface area contributed by atoms with Crippen LogP contribution < -0.4 is 11.1 Å². The van der Waals surface area contributed by atoms with E-state index in [1.165, 1.54) is 12.8 Å². The van der Waals surface area contributed by atoms with Gasteiger partial charge >= 0.3 is 0 Å². The van der Waals surface area contributed by atoms with Gasteiger partial charge in [-0.3, -0.25) is 0 Å². The molecule has 13 heavy (non-hydrogen) atoms. The SMILES string of the molecule is CN1CCC(NCC(N)CO)CC1. The Morgan fingerprint density at radius 1 is 1.54 bits per heavy atom. The van der Waals surface area contributed by atoms with E-state index in [1.807, 2.05) is 0 Å². The van der Waals surface area contributed by atoms with E-state index in [2.05, 4.69) is 17.3 Å². The third kappa shape index (κ3) is 4.04. The summed E-state index contributed by atoms with van der Waals surface area (Å²) in [5.74, 6) is 0. The van der Waals surface area contributed by atoms with Crippen LogP contribution in [-0.4, -0.2) is 55.4 Å². The fourth-order valence-corrected chi connectivity index (χ4v) is 1.60. The Balaban J connectivity index is 2.08. The van der Waals surface area contributed by atoms with Gasteiger partial charge in [-0.15, -0.1) is 0 Å². The molecule has 1 heterocycles. The summed E-state index contributed by atoms with van der Waals surface area (Å²) in [6.07, 6.45) is 2.38. The molecule has 1 aliphatic heterocycles. The number of piperidine rings is 1. The van der Waals surface area contributed by atoms with Gasteiger partial charge in [-0.2, -0.15) is 0 Å². The van der Waals surface area contributed by atoms with Crippen molar-refractivity contribution in [2.24, 2.45) is 5.73 Å². The highest BCUT2D eigenvalue weighted by Crippen LogP contribution is 2.07. The highest BCUT2D eigenvalue weighted by Gasteiger charge is 2.16. The highest BCUT2D eigenvalue weighted by atomic mass is 16.3. The number of aliphatic hydroxyl groups excluding tert-OH is 1. The zero-order valence-electron chi connectivity index (χ0n) is 8.37. The summed E-state index contributed by atoms with van der Waals surface area (Å²) in [6.45, 7) is 3.11. The first-order valence-corrected chi connectivity index (χ1v) is 5.00. The van der Waals surface area contributed by atoms with Gasteiger partial charge in [0.1, 0.15) is 0 Å². The van der Waals surface area contributed by atoms with Crippen LogP contribution in [0.2, 0.25) is 0 Å². The molecule has 1 saturated heterocycles. The molecule has 0 bridgehead atoms. The van der Waals surface area contributed by atoms with Gasteiger partial charge in [0.2, 0.25) is 0 Å². The van der Waals surface area contributed by atoms with E-state index in [1.54, 1.807) is 0 Å². The molecule has 1 fully saturated rings. The molecule has 4 N–H and O–H groups in total. The topological polar surface area (TPSA) is 61.5 Å². The molecule has 1 aliphatic rings. The van der Waals surface area contributed by atoms with E-state index < -0.39 is 0 Å². The van der Waals surface area contributed by atoms with Crippen LogP contribution in [0.4, 0.5) is 0 Å². The molecule has 0 radical (unpaired) electrons. The molecule has 0 aromatic heterocycles. The quantitative estimate of drug-likeness (QED) is 0.528. The Kier molecular flexibility index (Phi) is 4.66. The molecular weight excluding hydrogens is 166 g/mol. The second kappa shape index (κ2) is 5.54. The lowest BCUT2D eigenvalue weighted by Crippen LogP contribution is -2.46. The van der Waals surface area contributed by atoms with Crippen molar-refractivity contribution in [3.8, 4) is 0 Å². The van der Waals surface area contributed by atoms with E-state index >= 15 is 0 Å². The van der Waals surface area contributed by atoms with Crippen LogP contribution in [0.3, 0.4) is 0 Å². The third-order valence-electron chi connectivity index (χ3n) is 2.62. The lowest BCUT2D eigenvalue weighted by atomic mass is 10.1.